The summed E-state index contributed by atoms with van der Waals surface area (Å²) in [4.78, 5) is 11.8. The number of alkyl halides is 3. The van der Waals surface area contributed by atoms with Crippen LogP contribution in [0.1, 0.15) is 43.1 Å². The zero-order valence-corrected chi connectivity index (χ0v) is 11.6. The van der Waals surface area contributed by atoms with E-state index in [2.05, 4.69) is 5.32 Å². The summed E-state index contributed by atoms with van der Waals surface area (Å²) in [6.45, 7) is 6.16. The molecule has 1 rings (SSSR count). The van der Waals surface area contributed by atoms with Gasteiger partial charge in [-0.2, -0.15) is 13.2 Å². The smallest absolute Gasteiger partial charge is 0.312 e. The third-order valence-corrected chi connectivity index (χ3v) is 2.60. The summed E-state index contributed by atoms with van der Waals surface area (Å²) >= 11 is 0. The molecule has 0 aliphatic rings. The van der Waals surface area contributed by atoms with E-state index in [1.165, 1.54) is 0 Å². The van der Waals surface area contributed by atoms with Gasteiger partial charge in [0.25, 0.3) is 0 Å². The third kappa shape index (κ3) is 4.92. The molecule has 1 aromatic rings. The first-order chi connectivity index (χ1) is 9.00. The van der Waals surface area contributed by atoms with E-state index in [9.17, 15) is 22.4 Å². The molecule has 1 N–H and O–H groups in total. The van der Waals surface area contributed by atoms with Gasteiger partial charge in [0.05, 0.1) is 5.56 Å². The minimum Gasteiger partial charge on any atom is -0.312 e. The van der Waals surface area contributed by atoms with Crippen molar-refractivity contribution < 1.29 is 22.4 Å². The zero-order chi connectivity index (χ0) is 15.6. The summed E-state index contributed by atoms with van der Waals surface area (Å²) < 4.78 is 50.5. The fourth-order valence-electron chi connectivity index (χ4n) is 1.61. The molecule has 0 saturated heterocycles. The molecule has 0 fully saturated rings. The number of rotatable bonds is 4. The lowest BCUT2D eigenvalue weighted by Crippen LogP contribution is -2.37. The number of carbonyl (C=O) groups is 1. The highest BCUT2D eigenvalue weighted by Gasteiger charge is 2.34. The molecule has 0 saturated carbocycles. The monoisotopic (exact) mass is 291 g/mol. The molecule has 6 heteroatoms. The van der Waals surface area contributed by atoms with Gasteiger partial charge in [0.2, 0.25) is 0 Å². The van der Waals surface area contributed by atoms with Crippen LogP contribution in [0.5, 0.6) is 0 Å². The highest BCUT2D eigenvalue weighted by molar-refractivity contribution is 5.96. The second-order valence-electron chi connectivity index (χ2n) is 5.54. The maximum atomic E-state index is 13.3. The van der Waals surface area contributed by atoms with Crippen LogP contribution in [0, 0.1) is 5.82 Å². The van der Waals surface area contributed by atoms with Crippen molar-refractivity contribution in [3.8, 4) is 0 Å². The number of halogens is 4. The molecule has 0 amide bonds. The van der Waals surface area contributed by atoms with E-state index in [-0.39, 0.29) is 17.5 Å². The van der Waals surface area contributed by atoms with Gasteiger partial charge in [0, 0.05) is 24.1 Å². The molecular formula is C14H17F4NO. The molecule has 0 spiro atoms. The quantitative estimate of drug-likeness (QED) is 0.675. The van der Waals surface area contributed by atoms with Crippen molar-refractivity contribution in [1.29, 1.82) is 0 Å². The number of hydrogen-bond donors (Lipinski definition) is 1. The normalized spacial score (nSPS) is 12.6. The molecule has 20 heavy (non-hydrogen) atoms. The molecule has 0 bridgehead atoms. The topological polar surface area (TPSA) is 29.1 Å². The largest absolute Gasteiger partial charge is 0.419 e. The van der Waals surface area contributed by atoms with Crippen LogP contribution in [0.25, 0.3) is 0 Å². The predicted octanol–water partition coefficient (Wildman–Crippen LogP) is 3.81. The average molecular weight is 291 g/mol. The number of hydrogen-bond acceptors (Lipinski definition) is 2. The van der Waals surface area contributed by atoms with Crippen LogP contribution in [0.15, 0.2) is 18.2 Å². The summed E-state index contributed by atoms with van der Waals surface area (Å²) in [6, 6.07) is 2.24. The van der Waals surface area contributed by atoms with E-state index < -0.39 is 23.3 Å². The van der Waals surface area contributed by atoms with E-state index in [0.717, 1.165) is 6.07 Å². The van der Waals surface area contributed by atoms with Crippen LogP contribution < -0.4 is 5.32 Å². The average Bonchev–Trinajstić information content (AvgIpc) is 2.25. The molecule has 0 aromatic heterocycles. The fourth-order valence-corrected chi connectivity index (χ4v) is 1.61. The first-order valence-corrected chi connectivity index (χ1v) is 6.16. The van der Waals surface area contributed by atoms with Crippen LogP contribution in [-0.4, -0.2) is 17.9 Å². The maximum Gasteiger partial charge on any atom is 0.419 e. The van der Waals surface area contributed by atoms with Gasteiger partial charge in [-0.15, -0.1) is 0 Å². The van der Waals surface area contributed by atoms with E-state index in [0.29, 0.717) is 18.7 Å². The van der Waals surface area contributed by atoms with E-state index in [4.69, 9.17) is 0 Å². The summed E-state index contributed by atoms with van der Waals surface area (Å²) in [6.07, 6.45) is -4.65. The van der Waals surface area contributed by atoms with Crippen molar-refractivity contribution in [3.05, 3.63) is 35.1 Å². The van der Waals surface area contributed by atoms with Gasteiger partial charge in [-0.25, -0.2) is 4.39 Å². The van der Waals surface area contributed by atoms with Crippen LogP contribution >= 0.6 is 0 Å². The molecule has 0 aliphatic carbocycles. The molecule has 0 radical (unpaired) electrons. The number of Topliss-reactive ketones (excluding diaryl/α,β-unsaturated/α-hetero) is 1. The van der Waals surface area contributed by atoms with Crippen LogP contribution in [0.3, 0.4) is 0 Å². The van der Waals surface area contributed by atoms with Crippen molar-refractivity contribution in [3.63, 3.8) is 0 Å². The van der Waals surface area contributed by atoms with Crippen molar-refractivity contribution in [1.82, 2.24) is 5.32 Å². The first kappa shape index (κ1) is 16.6. The standard InChI is InChI=1S/C14H17F4NO/c1-13(2,3)19-7-6-12(20)9-4-5-10(11(15)8-9)14(16,17)18/h4-5,8,19H,6-7H2,1-3H3. The minimum absolute atomic E-state index is 0.0498. The molecule has 2 nitrogen and oxygen atoms in total. The van der Waals surface area contributed by atoms with Gasteiger partial charge in [0.1, 0.15) is 5.82 Å². The van der Waals surface area contributed by atoms with Crippen LogP contribution in [0.4, 0.5) is 17.6 Å². The molecule has 0 aliphatic heterocycles. The lowest BCUT2D eigenvalue weighted by molar-refractivity contribution is -0.140. The minimum atomic E-state index is -4.75. The number of carbonyl (C=O) groups excluding carboxylic acids is 1. The Kier molecular flexibility index (Phi) is 4.91. The molecular weight excluding hydrogens is 274 g/mol. The van der Waals surface area contributed by atoms with Crippen LogP contribution in [0.2, 0.25) is 0 Å². The van der Waals surface area contributed by atoms with Crippen molar-refractivity contribution in [2.45, 2.75) is 38.9 Å². The number of ketones is 1. The van der Waals surface area contributed by atoms with E-state index in [1.54, 1.807) is 0 Å². The second-order valence-corrected chi connectivity index (χ2v) is 5.54. The van der Waals surface area contributed by atoms with E-state index >= 15 is 0 Å². The first-order valence-electron chi connectivity index (χ1n) is 6.16. The zero-order valence-electron chi connectivity index (χ0n) is 11.6. The van der Waals surface area contributed by atoms with Gasteiger partial charge >= 0.3 is 6.18 Å². The molecule has 112 valence electrons. The van der Waals surface area contributed by atoms with Crippen molar-refractivity contribution in [2.24, 2.45) is 0 Å². The lowest BCUT2D eigenvalue weighted by atomic mass is 10.0. The fraction of sp³-hybridized carbons (Fsp3) is 0.500. The highest BCUT2D eigenvalue weighted by atomic mass is 19.4. The molecule has 0 unspecified atom stereocenters. The van der Waals surface area contributed by atoms with E-state index in [1.807, 2.05) is 20.8 Å². The predicted molar refractivity (Wildman–Crippen MR) is 68.1 cm³/mol. The number of benzene rings is 1. The molecule has 0 heterocycles. The third-order valence-electron chi connectivity index (χ3n) is 2.60. The van der Waals surface area contributed by atoms with Gasteiger partial charge in [-0.05, 0) is 32.9 Å². The van der Waals surface area contributed by atoms with Crippen molar-refractivity contribution in [2.75, 3.05) is 6.54 Å². The molecule has 0 atom stereocenters. The Morgan fingerprint density at radius 3 is 2.25 bits per heavy atom. The summed E-state index contributed by atoms with van der Waals surface area (Å²) in [5, 5.41) is 3.08. The van der Waals surface area contributed by atoms with Crippen molar-refractivity contribution >= 4 is 5.78 Å². The Hall–Kier alpha value is -1.43. The van der Waals surface area contributed by atoms with Gasteiger partial charge in [-0.3, -0.25) is 4.79 Å². The summed E-state index contributed by atoms with van der Waals surface area (Å²) in [5.74, 6) is -1.82. The number of nitrogens with one attached hydrogen (secondary N) is 1. The lowest BCUT2D eigenvalue weighted by Gasteiger charge is -2.20. The summed E-state index contributed by atoms with van der Waals surface area (Å²) in [7, 11) is 0. The Bertz CT molecular complexity index is 489. The van der Waals surface area contributed by atoms with Gasteiger partial charge < -0.3 is 5.32 Å². The maximum absolute atomic E-state index is 13.3. The Morgan fingerprint density at radius 2 is 1.80 bits per heavy atom. The molecule has 1 aromatic carbocycles. The van der Waals surface area contributed by atoms with Gasteiger partial charge in [-0.1, -0.05) is 6.07 Å². The summed E-state index contributed by atoms with van der Waals surface area (Å²) in [5.41, 5.74) is -1.57. The second kappa shape index (κ2) is 5.91. The SMILES string of the molecule is CC(C)(C)NCCC(=O)c1ccc(C(F)(F)F)c(F)c1. The Balaban J connectivity index is 2.74. The van der Waals surface area contributed by atoms with Gasteiger partial charge in [0.15, 0.2) is 5.78 Å². The highest BCUT2D eigenvalue weighted by Crippen LogP contribution is 2.31. The Labute approximate surface area is 115 Å². The van der Waals surface area contributed by atoms with Crippen LogP contribution in [-0.2, 0) is 6.18 Å². The Morgan fingerprint density at radius 1 is 1.20 bits per heavy atom.